The molecule has 2 N–H and O–H groups in total. The van der Waals surface area contributed by atoms with E-state index in [1.807, 2.05) is 26.0 Å². The topological polar surface area (TPSA) is 60.8 Å². The molecular formula is C14H19NO3. The van der Waals surface area contributed by atoms with Crippen LogP contribution in [-0.2, 0) is 6.54 Å². The van der Waals surface area contributed by atoms with Crippen LogP contribution in [0, 0.1) is 5.92 Å². The standard InChI is InChI=1S/C14H19NO3/c1-10(2)14(18)8-15(9-14)7-11-3-5-12(6-4-11)13(16)17/h3-6,10,18H,7-9H2,1-2H3,(H,16,17). The number of hydrogen-bond donors (Lipinski definition) is 2. The fourth-order valence-electron chi connectivity index (χ4n) is 2.22. The van der Waals surface area contributed by atoms with Crippen LogP contribution in [0.3, 0.4) is 0 Å². The van der Waals surface area contributed by atoms with Gasteiger partial charge in [0.1, 0.15) is 0 Å². The number of aliphatic hydroxyl groups is 1. The summed E-state index contributed by atoms with van der Waals surface area (Å²) in [6.45, 7) is 6.18. The largest absolute Gasteiger partial charge is 0.478 e. The van der Waals surface area contributed by atoms with E-state index in [0.29, 0.717) is 18.7 Å². The Morgan fingerprint density at radius 2 is 1.89 bits per heavy atom. The average molecular weight is 249 g/mol. The van der Waals surface area contributed by atoms with Crippen LogP contribution in [0.5, 0.6) is 0 Å². The molecule has 1 fully saturated rings. The predicted octanol–water partition coefficient (Wildman–Crippen LogP) is 1.59. The molecule has 0 amide bonds. The number of carboxylic acids is 1. The highest BCUT2D eigenvalue weighted by molar-refractivity contribution is 5.87. The van der Waals surface area contributed by atoms with E-state index in [4.69, 9.17) is 5.11 Å². The van der Waals surface area contributed by atoms with Gasteiger partial charge in [-0.2, -0.15) is 0 Å². The Bertz CT molecular complexity index is 433. The molecule has 4 nitrogen and oxygen atoms in total. The number of aromatic carboxylic acids is 1. The van der Waals surface area contributed by atoms with Gasteiger partial charge in [-0.05, 0) is 23.6 Å². The zero-order valence-corrected chi connectivity index (χ0v) is 10.8. The molecule has 0 spiro atoms. The van der Waals surface area contributed by atoms with Gasteiger partial charge in [-0.15, -0.1) is 0 Å². The van der Waals surface area contributed by atoms with Crippen molar-refractivity contribution in [1.29, 1.82) is 0 Å². The highest BCUT2D eigenvalue weighted by Gasteiger charge is 2.43. The van der Waals surface area contributed by atoms with E-state index in [-0.39, 0.29) is 5.92 Å². The molecule has 2 rings (SSSR count). The molecule has 1 aliphatic rings. The van der Waals surface area contributed by atoms with Crippen molar-refractivity contribution in [3.05, 3.63) is 35.4 Å². The lowest BCUT2D eigenvalue weighted by molar-refractivity contribution is -0.130. The molecule has 0 atom stereocenters. The summed E-state index contributed by atoms with van der Waals surface area (Å²) in [6, 6.07) is 6.89. The van der Waals surface area contributed by atoms with Gasteiger partial charge in [0.2, 0.25) is 0 Å². The fraction of sp³-hybridized carbons (Fsp3) is 0.500. The monoisotopic (exact) mass is 249 g/mol. The lowest BCUT2D eigenvalue weighted by Gasteiger charge is -2.49. The normalized spacial score (nSPS) is 18.7. The van der Waals surface area contributed by atoms with Crippen LogP contribution < -0.4 is 0 Å². The van der Waals surface area contributed by atoms with E-state index < -0.39 is 11.6 Å². The van der Waals surface area contributed by atoms with Crippen molar-refractivity contribution in [2.45, 2.75) is 26.0 Å². The summed E-state index contributed by atoms with van der Waals surface area (Å²) in [5.74, 6) is -0.636. The molecule has 1 heterocycles. The first-order chi connectivity index (χ1) is 8.40. The van der Waals surface area contributed by atoms with Crippen molar-refractivity contribution in [2.75, 3.05) is 13.1 Å². The second-order valence-corrected chi connectivity index (χ2v) is 5.41. The van der Waals surface area contributed by atoms with Gasteiger partial charge in [0.15, 0.2) is 0 Å². The highest BCUT2D eigenvalue weighted by atomic mass is 16.4. The first-order valence-corrected chi connectivity index (χ1v) is 6.18. The van der Waals surface area contributed by atoms with Gasteiger partial charge in [0.25, 0.3) is 0 Å². The van der Waals surface area contributed by atoms with Gasteiger partial charge < -0.3 is 10.2 Å². The van der Waals surface area contributed by atoms with Gasteiger partial charge >= 0.3 is 5.97 Å². The Hall–Kier alpha value is -1.39. The maximum Gasteiger partial charge on any atom is 0.335 e. The van der Waals surface area contributed by atoms with Gasteiger partial charge in [0.05, 0.1) is 11.2 Å². The molecule has 0 aliphatic carbocycles. The predicted molar refractivity (Wildman–Crippen MR) is 68.5 cm³/mol. The van der Waals surface area contributed by atoms with Gasteiger partial charge in [-0.3, -0.25) is 4.90 Å². The molecule has 0 bridgehead atoms. The molecule has 0 unspecified atom stereocenters. The van der Waals surface area contributed by atoms with E-state index in [1.165, 1.54) is 0 Å². The molecule has 18 heavy (non-hydrogen) atoms. The summed E-state index contributed by atoms with van der Waals surface area (Å²) < 4.78 is 0. The summed E-state index contributed by atoms with van der Waals surface area (Å²) in [7, 11) is 0. The summed E-state index contributed by atoms with van der Waals surface area (Å²) in [5.41, 5.74) is 0.827. The van der Waals surface area contributed by atoms with Crippen LogP contribution >= 0.6 is 0 Å². The molecule has 0 saturated carbocycles. The molecule has 4 heteroatoms. The third-order valence-electron chi connectivity index (χ3n) is 3.68. The SMILES string of the molecule is CC(C)C1(O)CN(Cc2ccc(C(=O)O)cc2)C1. The number of carbonyl (C=O) groups is 1. The molecule has 1 aliphatic heterocycles. The quantitative estimate of drug-likeness (QED) is 0.850. The zero-order chi connectivity index (χ0) is 13.3. The molecule has 1 aromatic rings. The first kappa shape index (κ1) is 13.1. The number of rotatable bonds is 4. The average Bonchev–Trinajstić information content (AvgIpc) is 2.27. The van der Waals surface area contributed by atoms with E-state index in [1.54, 1.807) is 12.1 Å². The summed E-state index contributed by atoms with van der Waals surface area (Å²) in [4.78, 5) is 12.9. The minimum Gasteiger partial charge on any atom is -0.478 e. The summed E-state index contributed by atoms with van der Waals surface area (Å²) >= 11 is 0. The third-order valence-corrected chi connectivity index (χ3v) is 3.68. The van der Waals surface area contributed by atoms with Crippen molar-refractivity contribution in [3.63, 3.8) is 0 Å². The second-order valence-electron chi connectivity index (χ2n) is 5.41. The maximum atomic E-state index is 10.7. The van der Waals surface area contributed by atoms with Crippen LogP contribution in [0.15, 0.2) is 24.3 Å². The third kappa shape index (κ3) is 2.54. The zero-order valence-electron chi connectivity index (χ0n) is 10.8. The molecule has 98 valence electrons. The number of benzene rings is 1. The van der Waals surface area contributed by atoms with Crippen molar-refractivity contribution in [2.24, 2.45) is 5.92 Å². The lowest BCUT2D eigenvalue weighted by Crippen LogP contribution is -2.63. The first-order valence-electron chi connectivity index (χ1n) is 6.18. The van der Waals surface area contributed by atoms with Crippen LogP contribution in [0.2, 0.25) is 0 Å². The fourth-order valence-corrected chi connectivity index (χ4v) is 2.22. The number of likely N-dealkylation sites (tertiary alicyclic amines) is 1. The Morgan fingerprint density at radius 1 is 1.33 bits per heavy atom. The van der Waals surface area contributed by atoms with Gasteiger partial charge in [-0.25, -0.2) is 4.79 Å². The molecule has 1 saturated heterocycles. The van der Waals surface area contributed by atoms with Gasteiger partial charge in [0, 0.05) is 19.6 Å². The van der Waals surface area contributed by atoms with E-state index in [2.05, 4.69) is 4.90 Å². The van der Waals surface area contributed by atoms with Crippen LogP contribution in [-0.4, -0.2) is 39.8 Å². The van der Waals surface area contributed by atoms with Crippen molar-refractivity contribution in [3.8, 4) is 0 Å². The van der Waals surface area contributed by atoms with Crippen LogP contribution in [0.4, 0.5) is 0 Å². The highest BCUT2D eigenvalue weighted by Crippen LogP contribution is 2.29. The van der Waals surface area contributed by atoms with Crippen LogP contribution in [0.1, 0.15) is 29.8 Å². The Morgan fingerprint density at radius 3 is 2.33 bits per heavy atom. The molecule has 0 aromatic heterocycles. The Balaban J connectivity index is 1.91. The molecular weight excluding hydrogens is 230 g/mol. The maximum absolute atomic E-state index is 10.7. The Labute approximate surface area is 107 Å². The molecule has 1 aromatic carbocycles. The minimum absolute atomic E-state index is 0.267. The van der Waals surface area contributed by atoms with Crippen LogP contribution in [0.25, 0.3) is 0 Å². The lowest BCUT2D eigenvalue weighted by atomic mass is 9.83. The minimum atomic E-state index is -0.903. The van der Waals surface area contributed by atoms with Crippen molar-refractivity contribution >= 4 is 5.97 Å². The van der Waals surface area contributed by atoms with E-state index in [9.17, 15) is 9.90 Å². The number of β-amino-alcohol motifs (C(OH)–C–C–N with tert-alkyl or cyclic N) is 1. The summed E-state index contributed by atoms with van der Waals surface area (Å²) in [6.07, 6.45) is 0. The second kappa shape index (κ2) is 4.71. The van der Waals surface area contributed by atoms with Gasteiger partial charge in [-0.1, -0.05) is 26.0 Å². The summed E-state index contributed by atoms with van der Waals surface area (Å²) in [5, 5.41) is 18.9. The van der Waals surface area contributed by atoms with Crippen molar-refractivity contribution < 1.29 is 15.0 Å². The smallest absolute Gasteiger partial charge is 0.335 e. The van der Waals surface area contributed by atoms with E-state index >= 15 is 0 Å². The Kier molecular flexibility index (Phi) is 3.41. The van der Waals surface area contributed by atoms with E-state index in [0.717, 1.165) is 12.1 Å². The number of nitrogens with zero attached hydrogens (tertiary/aromatic N) is 1. The molecule has 0 radical (unpaired) electrons. The number of hydrogen-bond acceptors (Lipinski definition) is 3. The van der Waals surface area contributed by atoms with Crippen molar-refractivity contribution in [1.82, 2.24) is 4.90 Å². The number of carboxylic acid groups (broad SMARTS) is 1.